The zero-order valence-electron chi connectivity index (χ0n) is 10.5. The van der Waals surface area contributed by atoms with Crippen LogP contribution in [0.5, 0.6) is 0 Å². The number of hydrogen-bond acceptors (Lipinski definition) is 5. The standard InChI is InChI=1S/C13H13N3O2S/c1-8-14-7-11(13(17)18)12(15-8)16-9-4-3-5-10(6-9)19-2/h3-7H,1-2H3,(H,17,18)(H,14,15,16). The van der Waals surface area contributed by atoms with Gasteiger partial charge in [0.05, 0.1) is 0 Å². The number of carboxylic acid groups (broad SMARTS) is 1. The van der Waals surface area contributed by atoms with Gasteiger partial charge in [-0.1, -0.05) is 6.07 Å². The maximum absolute atomic E-state index is 11.1. The number of anilines is 2. The van der Waals surface area contributed by atoms with E-state index in [2.05, 4.69) is 15.3 Å². The Morgan fingerprint density at radius 2 is 2.21 bits per heavy atom. The van der Waals surface area contributed by atoms with Crippen molar-refractivity contribution in [2.24, 2.45) is 0 Å². The van der Waals surface area contributed by atoms with Crippen LogP contribution in [-0.2, 0) is 0 Å². The average Bonchev–Trinajstić information content (AvgIpc) is 2.38. The average molecular weight is 275 g/mol. The predicted octanol–water partition coefficient (Wildman–Crippen LogP) is 2.95. The Labute approximate surface area is 115 Å². The summed E-state index contributed by atoms with van der Waals surface area (Å²) in [5, 5.41) is 12.1. The molecule has 0 saturated carbocycles. The molecule has 1 aromatic carbocycles. The number of nitrogens with zero attached hydrogens (tertiary/aromatic N) is 2. The zero-order valence-corrected chi connectivity index (χ0v) is 11.4. The highest BCUT2D eigenvalue weighted by atomic mass is 32.2. The molecule has 0 aliphatic rings. The van der Waals surface area contributed by atoms with Crippen molar-refractivity contribution in [2.45, 2.75) is 11.8 Å². The highest BCUT2D eigenvalue weighted by Crippen LogP contribution is 2.23. The van der Waals surface area contributed by atoms with E-state index in [0.717, 1.165) is 10.6 Å². The van der Waals surface area contributed by atoms with E-state index in [1.165, 1.54) is 6.20 Å². The van der Waals surface area contributed by atoms with Gasteiger partial charge in [-0.05, 0) is 31.4 Å². The second-order valence-electron chi connectivity index (χ2n) is 3.84. The lowest BCUT2D eigenvalue weighted by Crippen LogP contribution is -2.07. The summed E-state index contributed by atoms with van der Waals surface area (Å²) >= 11 is 1.62. The van der Waals surface area contributed by atoms with Crippen molar-refractivity contribution in [1.82, 2.24) is 9.97 Å². The predicted molar refractivity (Wildman–Crippen MR) is 75.2 cm³/mol. The van der Waals surface area contributed by atoms with Crippen LogP contribution in [0.2, 0.25) is 0 Å². The molecule has 2 rings (SSSR count). The first-order valence-corrected chi connectivity index (χ1v) is 6.80. The highest BCUT2D eigenvalue weighted by molar-refractivity contribution is 7.98. The number of thioether (sulfide) groups is 1. The van der Waals surface area contributed by atoms with Crippen LogP contribution in [-0.4, -0.2) is 27.3 Å². The van der Waals surface area contributed by atoms with Gasteiger partial charge in [-0.15, -0.1) is 11.8 Å². The number of carbonyl (C=O) groups is 1. The summed E-state index contributed by atoms with van der Waals surface area (Å²) in [6.07, 6.45) is 3.29. The number of nitrogens with one attached hydrogen (secondary N) is 1. The molecule has 19 heavy (non-hydrogen) atoms. The Morgan fingerprint density at radius 1 is 1.42 bits per heavy atom. The van der Waals surface area contributed by atoms with Crippen LogP contribution in [0.25, 0.3) is 0 Å². The van der Waals surface area contributed by atoms with Gasteiger partial charge in [0.1, 0.15) is 17.2 Å². The van der Waals surface area contributed by atoms with E-state index in [1.807, 2.05) is 30.5 Å². The van der Waals surface area contributed by atoms with E-state index in [1.54, 1.807) is 18.7 Å². The SMILES string of the molecule is CSc1cccc(Nc2nc(C)ncc2C(=O)O)c1. The van der Waals surface area contributed by atoms with Crippen molar-refractivity contribution in [3.63, 3.8) is 0 Å². The first kappa shape index (κ1) is 13.4. The molecule has 6 heteroatoms. The van der Waals surface area contributed by atoms with Gasteiger partial charge in [0, 0.05) is 16.8 Å². The number of aromatic carboxylic acids is 1. The highest BCUT2D eigenvalue weighted by Gasteiger charge is 2.12. The maximum atomic E-state index is 11.1. The van der Waals surface area contributed by atoms with Crippen LogP contribution in [0.1, 0.15) is 16.2 Å². The molecule has 0 aliphatic heterocycles. The molecule has 1 heterocycles. The summed E-state index contributed by atoms with van der Waals surface area (Å²) in [4.78, 5) is 20.2. The molecule has 0 amide bonds. The number of benzene rings is 1. The molecule has 2 N–H and O–H groups in total. The first-order chi connectivity index (χ1) is 9.10. The van der Waals surface area contributed by atoms with Crippen LogP contribution < -0.4 is 5.32 Å². The maximum Gasteiger partial charge on any atom is 0.341 e. The van der Waals surface area contributed by atoms with E-state index >= 15 is 0 Å². The van der Waals surface area contributed by atoms with Gasteiger partial charge in [-0.2, -0.15) is 0 Å². The van der Waals surface area contributed by atoms with Crippen LogP contribution >= 0.6 is 11.8 Å². The van der Waals surface area contributed by atoms with Gasteiger partial charge in [-0.3, -0.25) is 0 Å². The second-order valence-corrected chi connectivity index (χ2v) is 4.72. The van der Waals surface area contributed by atoms with Crippen LogP contribution in [0.3, 0.4) is 0 Å². The molecule has 98 valence electrons. The number of rotatable bonds is 4. The smallest absolute Gasteiger partial charge is 0.341 e. The Morgan fingerprint density at radius 3 is 2.89 bits per heavy atom. The first-order valence-electron chi connectivity index (χ1n) is 5.58. The molecule has 1 aromatic heterocycles. The molecule has 0 saturated heterocycles. The molecule has 0 radical (unpaired) electrons. The minimum atomic E-state index is -1.05. The van der Waals surface area contributed by atoms with E-state index in [-0.39, 0.29) is 5.56 Å². The van der Waals surface area contributed by atoms with Gasteiger partial charge >= 0.3 is 5.97 Å². The molecule has 0 bridgehead atoms. The fourth-order valence-corrected chi connectivity index (χ4v) is 2.02. The third-order valence-corrected chi connectivity index (χ3v) is 3.20. The third kappa shape index (κ3) is 3.23. The van der Waals surface area contributed by atoms with Crippen LogP contribution in [0.15, 0.2) is 35.4 Å². The number of aromatic nitrogens is 2. The van der Waals surface area contributed by atoms with Gasteiger partial charge in [0.15, 0.2) is 0 Å². The minimum Gasteiger partial charge on any atom is -0.477 e. The third-order valence-electron chi connectivity index (χ3n) is 2.47. The Bertz CT molecular complexity index is 617. The summed E-state index contributed by atoms with van der Waals surface area (Å²) in [7, 11) is 0. The lowest BCUT2D eigenvalue weighted by Gasteiger charge is -2.09. The number of carboxylic acids is 1. The molecule has 2 aromatic rings. The van der Waals surface area contributed by atoms with Crippen molar-refractivity contribution < 1.29 is 9.90 Å². The molecule has 0 aliphatic carbocycles. The molecule has 0 unspecified atom stereocenters. The topological polar surface area (TPSA) is 75.1 Å². The van der Waals surface area contributed by atoms with Crippen molar-refractivity contribution in [1.29, 1.82) is 0 Å². The fourth-order valence-electron chi connectivity index (χ4n) is 1.56. The van der Waals surface area contributed by atoms with Crippen molar-refractivity contribution in [3.05, 3.63) is 41.9 Å². The summed E-state index contributed by atoms with van der Waals surface area (Å²) in [6, 6.07) is 7.69. The van der Waals surface area contributed by atoms with Gasteiger partial charge in [0.25, 0.3) is 0 Å². The zero-order chi connectivity index (χ0) is 13.8. The largest absolute Gasteiger partial charge is 0.477 e. The molecule has 0 spiro atoms. The van der Waals surface area contributed by atoms with E-state index in [4.69, 9.17) is 5.11 Å². The van der Waals surface area contributed by atoms with Crippen molar-refractivity contribution >= 4 is 29.2 Å². The quantitative estimate of drug-likeness (QED) is 0.836. The molecular formula is C13H13N3O2S. The lowest BCUT2D eigenvalue weighted by atomic mass is 10.2. The molecule has 5 nitrogen and oxygen atoms in total. The van der Waals surface area contributed by atoms with Gasteiger partial charge in [0.2, 0.25) is 0 Å². The van der Waals surface area contributed by atoms with Crippen molar-refractivity contribution in [3.8, 4) is 0 Å². The Balaban J connectivity index is 2.36. The van der Waals surface area contributed by atoms with Gasteiger partial charge in [-0.25, -0.2) is 14.8 Å². The minimum absolute atomic E-state index is 0.0557. The summed E-state index contributed by atoms with van der Waals surface area (Å²) in [5.41, 5.74) is 0.854. The monoisotopic (exact) mass is 275 g/mol. The number of aryl methyl sites for hydroxylation is 1. The fraction of sp³-hybridized carbons (Fsp3) is 0.154. The number of hydrogen-bond donors (Lipinski definition) is 2. The molecular weight excluding hydrogens is 262 g/mol. The van der Waals surface area contributed by atoms with Crippen LogP contribution in [0, 0.1) is 6.92 Å². The van der Waals surface area contributed by atoms with E-state index < -0.39 is 5.97 Å². The van der Waals surface area contributed by atoms with Crippen molar-refractivity contribution in [2.75, 3.05) is 11.6 Å². The Kier molecular flexibility index (Phi) is 4.01. The summed E-state index contributed by atoms with van der Waals surface area (Å²) in [6.45, 7) is 1.72. The lowest BCUT2D eigenvalue weighted by molar-refractivity contribution is 0.0697. The summed E-state index contributed by atoms with van der Waals surface area (Å²) < 4.78 is 0. The Hall–Kier alpha value is -2.08. The summed E-state index contributed by atoms with van der Waals surface area (Å²) in [5.74, 6) is -0.227. The van der Waals surface area contributed by atoms with Gasteiger partial charge < -0.3 is 10.4 Å². The molecule has 0 fully saturated rings. The van der Waals surface area contributed by atoms with Crippen LogP contribution in [0.4, 0.5) is 11.5 Å². The molecule has 0 atom stereocenters. The van der Waals surface area contributed by atoms with E-state index in [0.29, 0.717) is 11.6 Å². The second kappa shape index (κ2) is 5.71. The van der Waals surface area contributed by atoms with E-state index in [9.17, 15) is 4.79 Å². The normalized spacial score (nSPS) is 10.2.